The molecule has 1 aromatic heterocycles. The predicted molar refractivity (Wildman–Crippen MR) is 125 cm³/mol. The molecule has 0 N–H and O–H groups in total. The summed E-state index contributed by atoms with van der Waals surface area (Å²) < 4.78 is 80.3. The van der Waals surface area contributed by atoms with Gasteiger partial charge in [0.05, 0.1) is 15.9 Å². The summed E-state index contributed by atoms with van der Waals surface area (Å²) in [5, 5.41) is 11.3. The Kier molecular flexibility index (Phi) is 6.46. The molecule has 2 aliphatic heterocycles. The Morgan fingerprint density at radius 3 is 2.21 bits per heavy atom. The zero-order valence-corrected chi connectivity index (χ0v) is 20.1. The number of likely N-dealkylation sites (tertiary alicyclic amines) is 1. The molecule has 2 aliphatic rings. The van der Waals surface area contributed by atoms with E-state index in [4.69, 9.17) is 0 Å². The fourth-order valence-corrected chi connectivity index (χ4v) is 6.09. The first kappa shape index (κ1) is 26.2. The van der Waals surface area contributed by atoms with Crippen LogP contribution in [0.1, 0.15) is 11.1 Å². The summed E-state index contributed by atoms with van der Waals surface area (Å²) in [5.41, 5.74) is -2.22. The first-order valence-electron chi connectivity index (χ1n) is 11.3. The highest BCUT2D eigenvalue weighted by atomic mass is 32.1. The van der Waals surface area contributed by atoms with Crippen LogP contribution in [0.2, 0.25) is 0 Å². The van der Waals surface area contributed by atoms with Crippen molar-refractivity contribution < 1.29 is 36.0 Å². The number of aromatic nitrogens is 1. The van der Waals surface area contributed by atoms with E-state index in [2.05, 4.69) is 14.6 Å². The Labute approximate surface area is 214 Å². The molecule has 202 valence electrons. The summed E-state index contributed by atoms with van der Waals surface area (Å²) in [4.78, 5) is 31.1. The van der Waals surface area contributed by atoms with Gasteiger partial charge in [-0.05, 0) is 35.6 Å². The SMILES string of the molecule is O=c1nc(N2CC3CN(Cc4ccc(OC(F)(F)F)cc4)CC3C2)sc2c([N+](=O)[O-])cc(C(F)(F)F)cc12. The molecule has 0 bridgehead atoms. The fraction of sp³-hybridized carbons (Fsp3) is 0.391. The van der Waals surface area contributed by atoms with Crippen molar-refractivity contribution in [1.82, 2.24) is 9.88 Å². The quantitative estimate of drug-likeness (QED) is 0.245. The van der Waals surface area contributed by atoms with Crippen molar-refractivity contribution in [3.63, 3.8) is 0 Å². The van der Waals surface area contributed by atoms with Crippen LogP contribution in [0.25, 0.3) is 10.1 Å². The smallest absolute Gasteiger partial charge is 0.406 e. The molecule has 0 saturated carbocycles. The maximum Gasteiger partial charge on any atom is 0.573 e. The zero-order chi connectivity index (χ0) is 27.4. The number of fused-ring (bicyclic) bond motifs is 2. The van der Waals surface area contributed by atoms with Crippen LogP contribution in [-0.2, 0) is 12.7 Å². The Morgan fingerprint density at radius 1 is 1.03 bits per heavy atom. The van der Waals surface area contributed by atoms with Crippen molar-refractivity contribution in [2.24, 2.45) is 11.8 Å². The van der Waals surface area contributed by atoms with Crippen LogP contribution >= 0.6 is 11.3 Å². The van der Waals surface area contributed by atoms with Gasteiger partial charge < -0.3 is 9.64 Å². The summed E-state index contributed by atoms with van der Waals surface area (Å²) in [6.45, 7) is 2.89. The molecule has 2 unspecified atom stereocenters. The number of nitro groups is 1. The molecule has 2 atom stereocenters. The lowest BCUT2D eigenvalue weighted by molar-refractivity contribution is -0.383. The van der Waals surface area contributed by atoms with E-state index in [0.717, 1.165) is 16.9 Å². The molecule has 2 fully saturated rings. The Bertz CT molecular complexity index is 1430. The number of nitro benzene ring substituents is 1. The average Bonchev–Trinajstić information content (AvgIpc) is 3.37. The Morgan fingerprint density at radius 2 is 1.66 bits per heavy atom. The van der Waals surface area contributed by atoms with Crippen molar-refractivity contribution in [2.75, 3.05) is 31.1 Å². The van der Waals surface area contributed by atoms with Crippen LogP contribution in [0, 0.1) is 22.0 Å². The van der Waals surface area contributed by atoms with Crippen LogP contribution in [0.4, 0.5) is 37.2 Å². The zero-order valence-electron chi connectivity index (χ0n) is 19.3. The van der Waals surface area contributed by atoms with Gasteiger partial charge in [-0.1, -0.05) is 23.5 Å². The fourth-order valence-electron chi connectivity index (χ4n) is 5.01. The number of ether oxygens (including phenoxy) is 1. The van der Waals surface area contributed by atoms with E-state index < -0.39 is 39.7 Å². The molecule has 8 nitrogen and oxygen atoms in total. The third-order valence-corrected chi connectivity index (χ3v) is 7.78. The topological polar surface area (TPSA) is 88.8 Å². The molecule has 2 saturated heterocycles. The maximum absolute atomic E-state index is 13.2. The lowest BCUT2D eigenvalue weighted by Gasteiger charge is -2.22. The van der Waals surface area contributed by atoms with Crippen LogP contribution in [0.3, 0.4) is 0 Å². The second-order valence-corrected chi connectivity index (χ2v) is 10.2. The molecule has 5 rings (SSSR count). The van der Waals surface area contributed by atoms with Crippen molar-refractivity contribution in [1.29, 1.82) is 0 Å². The minimum Gasteiger partial charge on any atom is -0.406 e. The highest BCUT2D eigenvalue weighted by Gasteiger charge is 2.41. The molecule has 15 heteroatoms. The standard InChI is InChI=1S/C23H18F6N4O4S/c24-22(25,26)15-5-17-19(18(6-15)33(35)36)38-21(30-20(17)34)32-10-13-8-31(9-14(13)11-32)7-12-1-3-16(4-2-12)37-23(27,28)29/h1-6,13-14H,7-11H2. The first-order valence-corrected chi connectivity index (χ1v) is 12.1. The van der Waals surface area contributed by atoms with Crippen LogP contribution in [0.15, 0.2) is 41.2 Å². The van der Waals surface area contributed by atoms with E-state index in [0.29, 0.717) is 44.9 Å². The number of hydrogen-bond acceptors (Lipinski definition) is 8. The normalized spacial score (nSPS) is 20.2. The number of nitrogens with zero attached hydrogens (tertiary/aromatic N) is 4. The third-order valence-electron chi connectivity index (χ3n) is 6.61. The minimum absolute atomic E-state index is 0.158. The average molecular weight is 560 g/mol. The van der Waals surface area contributed by atoms with Gasteiger partial charge in [-0.2, -0.15) is 18.2 Å². The van der Waals surface area contributed by atoms with E-state index in [1.807, 2.05) is 4.90 Å². The van der Waals surface area contributed by atoms with Crippen LogP contribution < -0.4 is 15.2 Å². The van der Waals surface area contributed by atoms with Gasteiger partial charge in [0.15, 0.2) is 5.13 Å². The maximum atomic E-state index is 13.2. The minimum atomic E-state index is -4.86. The molecule has 2 aromatic carbocycles. The van der Waals surface area contributed by atoms with Gasteiger partial charge in [-0.3, -0.25) is 19.8 Å². The van der Waals surface area contributed by atoms with Gasteiger partial charge >= 0.3 is 12.5 Å². The summed E-state index contributed by atoms with van der Waals surface area (Å²) >= 11 is 0.820. The molecule has 0 radical (unpaired) electrons. The first-order chi connectivity index (χ1) is 17.8. The highest BCUT2D eigenvalue weighted by molar-refractivity contribution is 7.22. The number of halogens is 6. The lowest BCUT2D eigenvalue weighted by atomic mass is 10.0. The van der Waals surface area contributed by atoms with Crippen LogP contribution in [-0.4, -0.2) is 47.3 Å². The molecule has 3 aromatic rings. The van der Waals surface area contributed by atoms with Crippen LogP contribution in [0.5, 0.6) is 5.75 Å². The number of benzene rings is 2. The van der Waals surface area contributed by atoms with Crippen molar-refractivity contribution >= 4 is 32.2 Å². The third kappa shape index (κ3) is 5.38. The number of rotatable bonds is 5. The molecule has 3 heterocycles. The molecule has 38 heavy (non-hydrogen) atoms. The van der Waals surface area contributed by atoms with Crippen molar-refractivity contribution in [2.45, 2.75) is 19.1 Å². The highest BCUT2D eigenvalue weighted by Crippen LogP contribution is 2.40. The Balaban J connectivity index is 1.29. The number of hydrogen-bond donors (Lipinski definition) is 0. The van der Waals surface area contributed by atoms with E-state index in [1.54, 1.807) is 12.1 Å². The van der Waals surface area contributed by atoms with Gasteiger partial charge in [0.1, 0.15) is 10.4 Å². The monoisotopic (exact) mass is 560 g/mol. The number of alkyl halides is 6. The van der Waals surface area contributed by atoms with Gasteiger partial charge in [-0.15, -0.1) is 13.2 Å². The van der Waals surface area contributed by atoms with E-state index in [9.17, 15) is 41.3 Å². The van der Waals surface area contributed by atoms with E-state index in [1.165, 1.54) is 12.1 Å². The van der Waals surface area contributed by atoms with Gasteiger partial charge in [0.2, 0.25) is 0 Å². The Hall–Kier alpha value is -3.46. The van der Waals surface area contributed by atoms with E-state index >= 15 is 0 Å². The van der Waals surface area contributed by atoms with Gasteiger partial charge in [-0.25, -0.2) is 0 Å². The largest absolute Gasteiger partial charge is 0.573 e. The molecule has 0 spiro atoms. The molecule has 0 aliphatic carbocycles. The van der Waals surface area contributed by atoms with E-state index in [-0.39, 0.29) is 27.4 Å². The second kappa shape index (κ2) is 9.38. The van der Waals surface area contributed by atoms with Crippen molar-refractivity contribution in [3.8, 4) is 5.75 Å². The molecular formula is C23H18F6N4O4S. The van der Waals surface area contributed by atoms with Gasteiger partial charge in [0, 0.05) is 38.8 Å². The summed E-state index contributed by atoms with van der Waals surface area (Å²) in [7, 11) is 0. The van der Waals surface area contributed by atoms with Gasteiger partial charge in [0.25, 0.3) is 11.2 Å². The second-order valence-electron chi connectivity index (χ2n) is 9.24. The lowest BCUT2D eigenvalue weighted by Crippen LogP contribution is -2.29. The number of non-ortho nitro benzene ring substituents is 1. The summed E-state index contributed by atoms with van der Waals surface area (Å²) in [6.07, 6.45) is -9.61. The predicted octanol–water partition coefficient (Wildman–Crippen LogP) is 5.05. The summed E-state index contributed by atoms with van der Waals surface area (Å²) in [6, 6.07) is 6.66. The summed E-state index contributed by atoms with van der Waals surface area (Å²) in [5.74, 6) is 0.0716. The molecular weight excluding hydrogens is 542 g/mol. The molecule has 0 amide bonds. The van der Waals surface area contributed by atoms with Crippen molar-refractivity contribution in [3.05, 3.63) is 68.0 Å². The number of anilines is 1.